The van der Waals surface area contributed by atoms with Crippen LogP contribution in [0.15, 0.2) is 30.3 Å². The van der Waals surface area contributed by atoms with Crippen molar-refractivity contribution in [3.63, 3.8) is 0 Å². The Hall–Kier alpha value is -3.06. The molecule has 0 bridgehead atoms. The lowest BCUT2D eigenvalue weighted by molar-refractivity contribution is -0.0182. The van der Waals surface area contributed by atoms with Crippen LogP contribution >= 0.6 is 0 Å². The maximum atomic E-state index is 13.8. The molecule has 0 unspecified atom stereocenters. The highest BCUT2D eigenvalue weighted by molar-refractivity contribution is 5.93. The van der Waals surface area contributed by atoms with Gasteiger partial charge in [0.1, 0.15) is 18.2 Å². The molecule has 1 aliphatic heterocycles. The molecule has 6 nitrogen and oxygen atoms in total. The fourth-order valence-electron chi connectivity index (χ4n) is 2.95. The minimum Gasteiger partial charge on any atom is -0.467 e. The molecule has 0 saturated heterocycles. The van der Waals surface area contributed by atoms with Crippen molar-refractivity contribution in [2.75, 3.05) is 6.79 Å². The summed E-state index contributed by atoms with van der Waals surface area (Å²) in [5.74, 6) is -0.450. The van der Waals surface area contributed by atoms with Gasteiger partial charge in [-0.25, -0.2) is 19.2 Å². The molecule has 138 valence electrons. The second-order valence-electron chi connectivity index (χ2n) is 6.34. The number of aryl methyl sites for hydroxylation is 2. The van der Waals surface area contributed by atoms with Crippen molar-refractivity contribution in [1.29, 1.82) is 0 Å². The summed E-state index contributed by atoms with van der Waals surface area (Å²) in [6.07, 6.45) is 0. The topological polar surface area (TPSA) is 70.5 Å². The molecule has 0 aliphatic carbocycles. The molecule has 0 saturated carbocycles. The van der Waals surface area contributed by atoms with E-state index in [1.54, 1.807) is 18.2 Å². The highest BCUT2D eigenvalue weighted by atomic mass is 19.1. The number of carbonyl (C=O) groups is 1. The third-order valence-electron chi connectivity index (χ3n) is 4.42. The zero-order chi connectivity index (χ0) is 19.0. The van der Waals surface area contributed by atoms with Crippen molar-refractivity contribution < 1.29 is 23.4 Å². The summed E-state index contributed by atoms with van der Waals surface area (Å²) in [6, 6.07) is 7.67. The molecule has 2 heterocycles. The van der Waals surface area contributed by atoms with Gasteiger partial charge in [0.05, 0.1) is 34.6 Å². The number of carbonyl (C=O) groups excluding carboxylic acids is 1. The molecular weight excluding hydrogens is 351 g/mol. The number of aromatic nitrogens is 2. The molecule has 7 heteroatoms. The lowest BCUT2D eigenvalue weighted by atomic mass is 10.1. The van der Waals surface area contributed by atoms with E-state index in [2.05, 4.69) is 9.97 Å². The highest BCUT2D eigenvalue weighted by Gasteiger charge is 2.19. The molecule has 1 aromatic heterocycles. The molecule has 0 spiro atoms. The van der Waals surface area contributed by atoms with Gasteiger partial charge < -0.3 is 14.2 Å². The summed E-state index contributed by atoms with van der Waals surface area (Å²) in [7, 11) is 0. The predicted molar refractivity (Wildman–Crippen MR) is 94.8 cm³/mol. The number of halogens is 1. The van der Waals surface area contributed by atoms with Gasteiger partial charge in [-0.2, -0.15) is 0 Å². The van der Waals surface area contributed by atoms with Gasteiger partial charge in [0.25, 0.3) is 0 Å². The van der Waals surface area contributed by atoms with Crippen LogP contribution < -0.4 is 4.74 Å². The first kappa shape index (κ1) is 17.4. The van der Waals surface area contributed by atoms with Crippen LogP contribution in [-0.2, 0) is 22.7 Å². The Kier molecular flexibility index (Phi) is 4.45. The lowest BCUT2D eigenvalue weighted by Crippen LogP contribution is -2.15. The van der Waals surface area contributed by atoms with Crippen molar-refractivity contribution in [2.24, 2.45) is 0 Å². The van der Waals surface area contributed by atoms with Gasteiger partial charge in [0.15, 0.2) is 6.79 Å². The number of fused-ring (bicyclic) bond motifs is 2. The van der Waals surface area contributed by atoms with Crippen molar-refractivity contribution in [3.8, 4) is 5.75 Å². The van der Waals surface area contributed by atoms with Crippen LogP contribution in [0.3, 0.4) is 0 Å². The zero-order valence-corrected chi connectivity index (χ0v) is 14.9. The summed E-state index contributed by atoms with van der Waals surface area (Å²) in [6.45, 7) is 3.99. The van der Waals surface area contributed by atoms with E-state index in [0.29, 0.717) is 33.5 Å². The molecule has 0 fully saturated rings. The van der Waals surface area contributed by atoms with Crippen molar-refractivity contribution in [1.82, 2.24) is 9.97 Å². The highest BCUT2D eigenvalue weighted by Crippen LogP contribution is 2.30. The third-order valence-corrected chi connectivity index (χ3v) is 4.42. The van der Waals surface area contributed by atoms with Gasteiger partial charge in [0.2, 0.25) is 0 Å². The molecule has 2 aromatic carbocycles. The smallest absolute Gasteiger partial charge is 0.338 e. The Labute approximate surface area is 154 Å². The first-order chi connectivity index (χ1) is 13.0. The molecule has 0 N–H and O–H groups in total. The fourth-order valence-corrected chi connectivity index (χ4v) is 2.95. The third kappa shape index (κ3) is 3.46. The average molecular weight is 368 g/mol. The van der Waals surface area contributed by atoms with Crippen LogP contribution in [0, 0.1) is 19.7 Å². The van der Waals surface area contributed by atoms with Crippen LogP contribution in [0.25, 0.3) is 11.0 Å². The van der Waals surface area contributed by atoms with Gasteiger partial charge in [-0.15, -0.1) is 0 Å². The van der Waals surface area contributed by atoms with Crippen LogP contribution in [0.2, 0.25) is 0 Å². The van der Waals surface area contributed by atoms with E-state index in [4.69, 9.17) is 14.2 Å². The fraction of sp³-hybridized carbons (Fsp3) is 0.250. The second kappa shape index (κ2) is 6.92. The van der Waals surface area contributed by atoms with Gasteiger partial charge >= 0.3 is 5.97 Å². The van der Waals surface area contributed by atoms with Crippen molar-refractivity contribution in [2.45, 2.75) is 27.1 Å². The van der Waals surface area contributed by atoms with E-state index < -0.39 is 11.8 Å². The normalized spacial score (nSPS) is 13.1. The standard InChI is InChI=1S/C20H17FN2O4/c1-11-12(2)23-18-7-13(3-4-17(18)22-11)20(24)26-9-15-6-16(21)5-14-8-25-10-27-19(14)15/h3-7H,8-10H2,1-2H3. The second-order valence-corrected chi connectivity index (χ2v) is 6.34. The van der Waals surface area contributed by atoms with Crippen molar-refractivity contribution >= 4 is 17.0 Å². The number of hydrogen-bond acceptors (Lipinski definition) is 6. The maximum absolute atomic E-state index is 13.8. The Balaban J connectivity index is 1.56. The minimum absolute atomic E-state index is 0.0850. The molecule has 4 rings (SSSR count). The van der Waals surface area contributed by atoms with E-state index in [1.165, 1.54) is 12.1 Å². The monoisotopic (exact) mass is 368 g/mol. The summed E-state index contributed by atoms with van der Waals surface area (Å²) in [4.78, 5) is 21.3. The Morgan fingerprint density at radius 1 is 1.15 bits per heavy atom. The number of esters is 1. The Bertz CT molecular complexity index is 1050. The molecule has 0 radical (unpaired) electrons. The first-order valence-electron chi connectivity index (χ1n) is 8.45. The Morgan fingerprint density at radius 3 is 2.74 bits per heavy atom. The van der Waals surface area contributed by atoms with Gasteiger partial charge in [-0.1, -0.05) is 0 Å². The molecule has 0 atom stereocenters. The molecular formula is C20H17FN2O4. The number of rotatable bonds is 3. The number of nitrogens with zero attached hydrogens (tertiary/aromatic N) is 2. The number of benzene rings is 2. The average Bonchev–Trinajstić information content (AvgIpc) is 2.66. The summed E-state index contributed by atoms with van der Waals surface area (Å²) in [5, 5.41) is 0. The largest absolute Gasteiger partial charge is 0.467 e. The summed E-state index contributed by atoms with van der Waals surface area (Å²) >= 11 is 0. The zero-order valence-electron chi connectivity index (χ0n) is 14.9. The van der Waals surface area contributed by atoms with E-state index in [-0.39, 0.29) is 20.0 Å². The molecule has 27 heavy (non-hydrogen) atoms. The lowest BCUT2D eigenvalue weighted by Gasteiger charge is -2.20. The van der Waals surface area contributed by atoms with Crippen LogP contribution in [0.5, 0.6) is 5.75 Å². The Morgan fingerprint density at radius 2 is 1.93 bits per heavy atom. The van der Waals surface area contributed by atoms with Crippen molar-refractivity contribution in [3.05, 3.63) is 64.2 Å². The van der Waals surface area contributed by atoms with Crippen LogP contribution in [0.4, 0.5) is 4.39 Å². The number of hydrogen-bond donors (Lipinski definition) is 0. The minimum atomic E-state index is -0.526. The van der Waals surface area contributed by atoms with Crippen LogP contribution in [0.1, 0.15) is 32.9 Å². The summed E-state index contributed by atoms with van der Waals surface area (Å²) in [5.41, 5.74) is 4.40. The van der Waals surface area contributed by atoms with Crippen LogP contribution in [-0.4, -0.2) is 22.7 Å². The summed E-state index contributed by atoms with van der Waals surface area (Å²) < 4.78 is 29.7. The molecule has 1 aliphatic rings. The maximum Gasteiger partial charge on any atom is 0.338 e. The van der Waals surface area contributed by atoms with E-state index in [9.17, 15) is 9.18 Å². The molecule has 3 aromatic rings. The predicted octanol–water partition coefficient (Wildman–Crippen LogP) is 3.61. The van der Waals surface area contributed by atoms with Gasteiger partial charge in [-0.05, 0) is 44.2 Å². The van der Waals surface area contributed by atoms with E-state index in [0.717, 1.165) is 11.4 Å². The molecule has 0 amide bonds. The van der Waals surface area contributed by atoms with E-state index >= 15 is 0 Å². The van der Waals surface area contributed by atoms with Gasteiger partial charge in [0, 0.05) is 11.1 Å². The number of ether oxygens (including phenoxy) is 3. The van der Waals surface area contributed by atoms with E-state index in [1.807, 2.05) is 13.8 Å². The SMILES string of the molecule is Cc1nc2ccc(C(=O)OCc3cc(F)cc4c3OCOC4)cc2nc1C. The first-order valence-corrected chi connectivity index (χ1v) is 8.45. The van der Waals surface area contributed by atoms with Gasteiger partial charge in [-0.3, -0.25) is 0 Å². The quantitative estimate of drug-likeness (QED) is 0.658.